The molecule has 2 atom stereocenters. The predicted octanol–water partition coefficient (Wildman–Crippen LogP) is 2.41. The van der Waals surface area contributed by atoms with E-state index in [1.165, 1.54) is 24.8 Å². The molecule has 1 aliphatic heterocycles. The number of fused-ring (bicyclic) bond motifs is 1. The highest BCUT2D eigenvalue weighted by atomic mass is 16.3. The third-order valence-electron chi connectivity index (χ3n) is 4.50. The van der Waals surface area contributed by atoms with E-state index < -0.39 is 0 Å². The van der Waals surface area contributed by atoms with Gasteiger partial charge in [0.15, 0.2) is 0 Å². The molecule has 2 heterocycles. The van der Waals surface area contributed by atoms with Gasteiger partial charge >= 0.3 is 0 Å². The van der Waals surface area contributed by atoms with Gasteiger partial charge in [0.1, 0.15) is 0 Å². The molecule has 1 aliphatic carbocycles. The summed E-state index contributed by atoms with van der Waals surface area (Å²) in [5.74, 6) is 0.483. The second kappa shape index (κ2) is 4.46. The molecule has 0 spiro atoms. The van der Waals surface area contributed by atoms with E-state index in [9.17, 15) is 5.11 Å². The fourth-order valence-electron chi connectivity index (χ4n) is 3.42. The van der Waals surface area contributed by atoms with Gasteiger partial charge in [0.25, 0.3) is 0 Å². The van der Waals surface area contributed by atoms with Crippen LogP contribution in [-0.2, 0) is 6.54 Å². The van der Waals surface area contributed by atoms with Gasteiger partial charge in [-0.1, -0.05) is 12.8 Å². The van der Waals surface area contributed by atoms with E-state index in [4.69, 9.17) is 4.42 Å². The van der Waals surface area contributed by atoms with Crippen molar-refractivity contribution in [2.75, 3.05) is 13.1 Å². The number of nitrogens with zero attached hydrogens (tertiary/aromatic N) is 1. The first-order valence-corrected chi connectivity index (χ1v) is 6.72. The van der Waals surface area contributed by atoms with Crippen molar-refractivity contribution in [1.29, 1.82) is 0 Å². The molecule has 2 aliphatic rings. The molecule has 2 fully saturated rings. The van der Waals surface area contributed by atoms with Crippen LogP contribution in [0.5, 0.6) is 0 Å². The summed E-state index contributed by atoms with van der Waals surface area (Å²) in [6, 6.07) is 2.03. The van der Waals surface area contributed by atoms with Crippen molar-refractivity contribution in [1.82, 2.24) is 4.90 Å². The standard InChI is InChI=1S/C14H21NO2/c16-14-5-2-1-3-13(14)10-15(7-6-14)9-12-4-8-17-11-12/h4,8,11,13,16H,1-3,5-7,9-10H2. The molecular formula is C14H21NO2. The molecular weight excluding hydrogens is 214 g/mol. The molecule has 0 amide bonds. The van der Waals surface area contributed by atoms with Gasteiger partial charge in [-0.15, -0.1) is 0 Å². The Bertz CT molecular complexity index is 362. The average Bonchev–Trinajstić information content (AvgIpc) is 2.82. The molecule has 2 unspecified atom stereocenters. The molecule has 1 saturated carbocycles. The molecule has 0 radical (unpaired) electrons. The summed E-state index contributed by atoms with van der Waals surface area (Å²) in [6.45, 7) is 3.02. The molecule has 0 bridgehead atoms. The molecule has 1 N–H and O–H groups in total. The van der Waals surface area contributed by atoms with E-state index in [2.05, 4.69) is 4.90 Å². The first-order valence-electron chi connectivity index (χ1n) is 6.72. The van der Waals surface area contributed by atoms with Gasteiger partial charge in [-0.25, -0.2) is 0 Å². The lowest BCUT2D eigenvalue weighted by Gasteiger charge is -2.47. The summed E-state index contributed by atoms with van der Waals surface area (Å²) in [5.41, 5.74) is 0.886. The van der Waals surface area contributed by atoms with Gasteiger partial charge in [0.05, 0.1) is 18.1 Å². The van der Waals surface area contributed by atoms with Crippen LogP contribution in [0, 0.1) is 5.92 Å². The zero-order valence-corrected chi connectivity index (χ0v) is 10.3. The minimum absolute atomic E-state index is 0.356. The summed E-state index contributed by atoms with van der Waals surface area (Å²) in [7, 11) is 0. The smallest absolute Gasteiger partial charge is 0.0947 e. The van der Waals surface area contributed by atoms with Crippen LogP contribution in [0.4, 0.5) is 0 Å². The lowest BCUT2D eigenvalue weighted by atomic mass is 9.71. The number of hydrogen-bond acceptors (Lipinski definition) is 3. The number of likely N-dealkylation sites (tertiary alicyclic amines) is 1. The average molecular weight is 235 g/mol. The van der Waals surface area contributed by atoms with Gasteiger partial charge in [0, 0.05) is 31.1 Å². The van der Waals surface area contributed by atoms with Crippen molar-refractivity contribution >= 4 is 0 Å². The van der Waals surface area contributed by atoms with Crippen LogP contribution >= 0.6 is 0 Å². The second-order valence-electron chi connectivity index (χ2n) is 5.66. The topological polar surface area (TPSA) is 36.6 Å². The molecule has 17 heavy (non-hydrogen) atoms. The second-order valence-corrected chi connectivity index (χ2v) is 5.66. The highest BCUT2D eigenvalue weighted by Crippen LogP contribution is 2.39. The Kier molecular flexibility index (Phi) is 2.97. The third-order valence-corrected chi connectivity index (χ3v) is 4.50. The van der Waals surface area contributed by atoms with Crippen molar-refractivity contribution < 1.29 is 9.52 Å². The van der Waals surface area contributed by atoms with E-state index in [1.807, 2.05) is 12.3 Å². The first-order chi connectivity index (χ1) is 8.26. The van der Waals surface area contributed by atoms with E-state index >= 15 is 0 Å². The van der Waals surface area contributed by atoms with E-state index in [-0.39, 0.29) is 5.60 Å². The maximum atomic E-state index is 10.6. The maximum absolute atomic E-state index is 10.6. The minimum atomic E-state index is -0.356. The van der Waals surface area contributed by atoms with Gasteiger partial charge in [-0.2, -0.15) is 0 Å². The molecule has 3 rings (SSSR count). The quantitative estimate of drug-likeness (QED) is 0.855. The Morgan fingerprint density at radius 2 is 2.35 bits per heavy atom. The highest BCUT2D eigenvalue weighted by molar-refractivity contribution is 5.06. The highest BCUT2D eigenvalue weighted by Gasteiger charge is 2.42. The molecule has 3 heteroatoms. The van der Waals surface area contributed by atoms with Crippen LogP contribution in [0.2, 0.25) is 0 Å². The fraction of sp³-hybridized carbons (Fsp3) is 0.714. The number of rotatable bonds is 2. The molecule has 94 valence electrons. The van der Waals surface area contributed by atoms with Crippen molar-refractivity contribution in [3.63, 3.8) is 0 Å². The normalized spacial score (nSPS) is 34.5. The molecule has 1 aromatic rings. The van der Waals surface area contributed by atoms with Crippen LogP contribution < -0.4 is 0 Å². The van der Waals surface area contributed by atoms with Crippen molar-refractivity contribution in [2.45, 2.75) is 44.2 Å². The fourth-order valence-corrected chi connectivity index (χ4v) is 3.42. The summed E-state index contributed by atoms with van der Waals surface area (Å²) < 4.78 is 5.11. The summed E-state index contributed by atoms with van der Waals surface area (Å²) in [5, 5.41) is 10.6. The lowest BCUT2D eigenvalue weighted by molar-refractivity contribution is -0.0968. The summed E-state index contributed by atoms with van der Waals surface area (Å²) >= 11 is 0. The minimum Gasteiger partial charge on any atom is -0.472 e. The molecule has 0 aromatic carbocycles. The molecule has 1 aromatic heterocycles. The zero-order chi connectivity index (χ0) is 11.7. The number of piperidine rings is 1. The SMILES string of the molecule is OC12CCCCC1CN(Cc1ccoc1)CC2. The zero-order valence-electron chi connectivity index (χ0n) is 10.3. The predicted molar refractivity (Wildman–Crippen MR) is 65.5 cm³/mol. The Morgan fingerprint density at radius 1 is 1.41 bits per heavy atom. The van der Waals surface area contributed by atoms with Crippen molar-refractivity contribution in [3.05, 3.63) is 24.2 Å². The Hall–Kier alpha value is -0.800. The van der Waals surface area contributed by atoms with Crippen molar-refractivity contribution in [3.8, 4) is 0 Å². The number of furan rings is 1. The van der Waals surface area contributed by atoms with E-state index in [1.54, 1.807) is 6.26 Å². The van der Waals surface area contributed by atoms with Crippen LogP contribution in [0.3, 0.4) is 0 Å². The van der Waals surface area contributed by atoms with Crippen LogP contribution in [0.15, 0.2) is 23.0 Å². The van der Waals surface area contributed by atoms with Crippen LogP contribution in [0.1, 0.15) is 37.7 Å². The maximum Gasteiger partial charge on any atom is 0.0947 e. The van der Waals surface area contributed by atoms with E-state index in [0.29, 0.717) is 5.92 Å². The van der Waals surface area contributed by atoms with Crippen molar-refractivity contribution in [2.24, 2.45) is 5.92 Å². The lowest BCUT2D eigenvalue weighted by Crippen LogP contribution is -2.52. The summed E-state index contributed by atoms with van der Waals surface area (Å²) in [4.78, 5) is 2.45. The van der Waals surface area contributed by atoms with Gasteiger partial charge in [-0.05, 0) is 25.3 Å². The van der Waals surface area contributed by atoms with Crippen LogP contribution in [0.25, 0.3) is 0 Å². The molecule has 3 nitrogen and oxygen atoms in total. The molecule has 1 saturated heterocycles. The number of aliphatic hydroxyl groups is 1. The Balaban J connectivity index is 1.63. The number of hydrogen-bond donors (Lipinski definition) is 1. The third kappa shape index (κ3) is 2.26. The van der Waals surface area contributed by atoms with Gasteiger partial charge < -0.3 is 9.52 Å². The van der Waals surface area contributed by atoms with E-state index in [0.717, 1.165) is 32.5 Å². The van der Waals surface area contributed by atoms with Gasteiger partial charge in [-0.3, -0.25) is 4.90 Å². The Labute approximate surface area is 102 Å². The Morgan fingerprint density at radius 3 is 3.18 bits per heavy atom. The monoisotopic (exact) mass is 235 g/mol. The van der Waals surface area contributed by atoms with Gasteiger partial charge in [0.2, 0.25) is 0 Å². The summed E-state index contributed by atoms with van der Waals surface area (Å²) in [6.07, 6.45) is 9.18. The largest absolute Gasteiger partial charge is 0.472 e. The first kappa shape index (κ1) is 11.3. The van der Waals surface area contributed by atoms with Crippen LogP contribution in [-0.4, -0.2) is 28.7 Å².